The molecule has 2 atom stereocenters. The van der Waals surface area contributed by atoms with E-state index in [1.807, 2.05) is 55.5 Å². The van der Waals surface area contributed by atoms with Crippen molar-refractivity contribution in [2.75, 3.05) is 14.1 Å². The lowest BCUT2D eigenvalue weighted by Gasteiger charge is -2.44. The second-order valence-corrected chi connectivity index (χ2v) is 8.23. The van der Waals surface area contributed by atoms with Gasteiger partial charge >= 0.3 is 0 Å². The van der Waals surface area contributed by atoms with Gasteiger partial charge in [-0.25, -0.2) is 5.01 Å². The van der Waals surface area contributed by atoms with Crippen molar-refractivity contribution in [3.05, 3.63) is 93.4 Å². The fourth-order valence-corrected chi connectivity index (χ4v) is 4.79. The van der Waals surface area contributed by atoms with Crippen LogP contribution in [0.1, 0.15) is 35.8 Å². The van der Waals surface area contributed by atoms with Gasteiger partial charge in [0.2, 0.25) is 0 Å². The molecule has 5 nitrogen and oxygen atoms in total. The van der Waals surface area contributed by atoms with Crippen LogP contribution in [0.25, 0.3) is 0 Å². The topological polar surface area (TPSA) is 73.4 Å². The Morgan fingerprint density at radius 3 is 2.40 bits per heavy atom. The van der Waals surface area contributed by atoms with Crippen LogP contribution in [0.2, 0.25) is 5.02 Å². The molecule has 2 aromatic carbocycles. The number of nitriles is 1. The molecule has 152 valence electrons. The summed E-state index contributed by atoms with van der Waals surface area (Å²) in [5.41, 5.74) is 10.2. The van der Waals surface area contributed by atoms with Gasteiger partial charge in [-0.15, -0.1) is 0 Å². The summed E-state index contributed by atoms with van der Waals surface area (Å²) in [6, 6.07) is 19.7. The number of Topliss-reactive ketones (excluding diaryl/α,β-unsaturated/α-hetero) is 1. The Morgan fingerprint density at radius 2 is 1.77 bits per heavy atom. The van der Waals surface area contributed by atoms with Crippen LogP contribution in [0.4, 0.5) is 0 Å². The predicted octanol–water partition coefficient (Wildman–Crippen LogP) is 4.31. The van der Waals surface area contributed by atoms with Crippen LogP contribution in [0.5, 0.6) is 0 Å². The molecule has 0 amide bonds. The Balaban J connectivity index is 1.92. The number of rotatable bonds is 3. The second-order valence-electron chi connectivity index (χ2n) is 7.82. The van der Waals surface area contributed by atoms with Gasteiger partial charge in [-0.1, -0.05) is 60.1 Å². The Bertz CT molecular complexity index is 1100. The van der Waals surface area contributed by atoms with E-state index >= 15 is 0 Å². The molecule has 0 saturated carbocycles. The molecule has 1 aliphatic heterocycles. The molecule has 0 spiro atoms. The van der Waals surface area contributed by atoms with E-state index in [0.29, 0.717) is 34.8 Å². The van der Waals surface area contributed by atoms with Gasteiger partial charge in [0.15, 0.2) is 5.78 Å². The smallest absolute Gasteiger partial charge is 0.162 e. The third-order valence-electron chi connectivity index (χ3n) is 5.83. The minimum Gasteiger partial charge on any atom is -0.383 e. The Hall–Kier alpha value is -3.07. The lowest BCUT2D eigenvalue weighted by Crippen LogP contribution is -2.46. The summed E-state index contributed by atoms with van der Waals surface area (Å²) in [4.78, 5) is 13.5. The monoisotopic (exact) mass is 418 g/mol. The van der Waals surface area contributed by atoms with E-state index < -0.39 is 5.92 Å². The summed E-state index contributed by atoms with van der Waals surface area (Å²) in [7, 11) is 3.72. The molecule has 30 heavy (non-hydrogen) atoms. The van der Waals surface area contributed by atoms with E-state index in [9.17, 15) is 10.1 Å². The second kappa shape index (κ2) is 7.98. The van der Waals surface area contributed by atoms with Gasteiger partial charge in [-0.2, -0.15) is 5.26 Å². The number of carbonyl (C=O) groups is 1. The predicted molar refractivity (Wildman–Crippen MR) is 117 cm³/mol. The van der Waals surface area contributed by atoms with Gasteiger partial charge in [-0.05, 0) is 29.5 Å². The number of allylic oxidation sites excluding steroid dienone is 3. The highest BCUT2D eigenvalue weighted by atomic mass is 35.5. The van der Waals surface area contributed by atoms with Crippen LogP contribution < -0.4 is 5.73 Å². The van der Waals surface area contributed by atoms with E-state index in [2.05, 4.69) is 18.2 Å². The number of ketones is 1. The highest BCUT2D eigenvalue weighted by molar-refractivity contribution is 6.31. The van der Waals surface area contributed by atoms with Gasteiger partial charge in [0.05, 0.1) is 17.6 Å². The van der Waals surface area contributed by atoms with Crippen molar-refractivity contribution in [1.29, 1.82) is 5.26 Å². The molecule has 0 radical (unpaired) electrons. The summed E-state index contributed by atoms with van der Waals surface area (Å²) in [6.45, 7) is 0. The fraction of sp³-hybridized carbons (Fsp3) is 0.250. The van der Waals surface area contributed by atoms with Crippen LogP contribution in [0.3, 0.4) is 0 Å². The van der Waals surface area contributed by atoms with Crippen molar-refractivity contribution < 1.29 is 4.79 Å². The molecular formula is C24H23ClN4O. The van der Waals surface area contributed by atoms with Gasteiger partial charge in [-0.3, -0.25) is 9.80 Å². The number of hydrogen-bond acceptors (Lipinski definition) is 5. The molecule has 2 aliphatic rings. The zero-order chi connectivity index (χ0) is 21.4. The summed E-state index contributed by atoms with van der Waals surface area (Å²) >= 11 is 6.50. The third-order valence-corrected chi connectivity index (χ3v) is 6.17. The highest BCUT2D eigenvalue weighted by Crippen LogP contribution is 2.49. The maximum absolute atomic E-state index is 13.5. The van der Waals surface area contributed by atoms with E-state index in [1.54, 1.807) is 11.1 Å². The minimum absolute atomic E-state index is 0.0297. The van der Waals surface area contributed by atoms with Crippen molar-refractivity contribution in [3.8, 4) is 6.07 Å². The molecule has 0 aromatic heterocycles. The Morgan fingerprint density at radius 1 is 1.10 bits per heavy atom. The van der Waals surface area contributed by atoms with Crippen molar-refractivity contribution >= 4 is 17.4 Å². The van der Waals surface area contributed by atoms with Crippen molar-refractivity contribution in [2.45, 2.75) is 24.7 Å². The molecule has 0 unspecified atom stereocenters. The van der Waals surface area contributed by atoms with E-state index in [1.165, 1.54) is 0 Å². The molecule has 0 saturated heterocycles. The van der Waals surface area contributed by atoms with Gasteiger partial charge in [0.1, 0.15) is 5.82 Å². The quantitative estimate of drug-likeness (QED) is 0.803. The number of hydrazine groups is 1. The van der Waals surface area contributed by atoms with E-state index in [4.69, 9.17) is 17.3 Å². The van der Waals surface area contributed by atoms with Crippen LogP contribution in [-0.2, 0) is 4.79 Å². The first-order chi connectivity index (χ1) is 14.4. The lowest BCUT2D eigenvalue weighted by molar-refractivity contribution is -0.117. The SMILES string of the molecule is CN(C)N1C(N)=C(C#N)[C@@H](c2ccccc2Cl)C2=C1C[C@H](c1ccccc1)CC2=O. The molecule has 1 heterocycles. The molecule has 0 fully saturated rings. The summed E-state index contributed by atoms with van der Waals surface area (Å²) in [6.07, 6.45) is 1.05. The first kappa shape index (κ1) is 20.2. The summed E-state index contributed by atoms with van der Waals surface area (Å²) in [5.74, 6) is -0.128. The van der Waals surface area contributed by atoms with Crippen LogP contribution in [0.15, 0.2) is 77.3 Å². The summed E-state index contributed by atoms with van der Waals surface area (Å²) in [5, 5.41) is 14.1. The zero-order valence-electron chi connectivity index (χ0n) is 17.0. The maximum atomic E-state index is 13.5. The van der Waals surface area contributed by atoms with E-state index in [0.717, 1.165) is 16.8 Å². The molecule has 2 N–H and O–H groups in total. The zero-order valence-corrected chi connectivity index (χ0v) is 17.7. The number of nitrogens with zero attached hydrogens (tertiary/aromatic N) is 3. The van der Waals surface area contributed by atoms with Gasteiger partial charge in [0.25, 0.3) is 0 Å². The van der Waals surface area contributed by atoms with E-state index in [-0.39, 0.29) is 11.7 Å². The Kier molecular flexibility index (Phi) is 5.38. The molecule has 4 rings (SSSR count). The molecular weight excluding hydrogens is 396 g/mol. The lowest BCUT2D eigenvalue weighted by atomic mass is 9.72. The van der Waals surface area contributed by atoms with Gasteiger partial charge < -0.3 is 5.73 Å². The first-order valence-corrected chi connectivity index (χ1v) is 10.2. The normalized spacial score (nSPS) is 21.7. The highest BCUT2D eigenvalue weighted by Gasteiger charge is 2.43. The molecule has 1 aliphatic carbocycles. The number of carbonyl (C=O) groups excluding carboxylic acids is 1. The van der Waals surface area contributed by atoms with Crippen LogP contribution in [-0.4, -0.2) is 29.9 Å². The average molecular weight is 419 g/mol. The summed E-state index contributed by atoms with van der Waals surface area (Å²) < 4.78 is 0. The van der Waals surface area contributed by atoms with Crippen molar-refractivity contribution in [2.24, 2.45) is 5.73 Å². The van der Waals surface area contributed by atoms with Gasteiger partial charge in [0, 0.05) is 36.8 Å². The molecule has 6 heteroatoms. The maximum Gasteiger partial charge on any atom is 0.162 e. The van der Waals surface area contributed by atoms with Crippen LogP contribution >= 0.6 is 11.6 Å². The standard InChI is InChI=1S/C24H23ClN4O/c1-28(2)29-20-12-16(15-8-4-3-5-9-15)13-21(30)23(20)22(18(14-26)24(29)27)17-10-6-7-11-19(17)25/h3-11,16,22H,12-13,27H2,1-2H3/t16-,22+/m0/s1. The fourth-order valence-electron chi connectivity index (χ4n) is 4.55. The third kappa shape index (κ3) is 3.28. The number of nitrogens with two attached hydrogens (primary N) is 1. The number of halogens is 1. The van der Waals surface area contributed by atoms with Crippen molar-refractivity contribution in [1.82, 2.24) is 10.0 Å². The first-order valence-electron chi connectivity index (χ1n) is 9.86. The van der Waals surface area contributed by atoms with Crippen LogP contribution in [0, 0.1) is 11.3 Å². The largest absolute Gasteiger partial charge is 0.383 e. The number of benzene rings is 2. The number of hydrogen-bond donors (Lipinski definition) is 1. The Labute approximate surface area is 181 Å². The molecule has 0 bridgehead atoms. The minimum atomic E-state index is -0.556. The molecule has 2 aromatic rings. The van der Waals surface area contributed by atoms with Crippen molar-refractivity contribution in [3.63, 3.8) is 0 Å². The average Bonchev–Trinajstić information content (AvgIpc) is 2.73.